The Hall–Kier alpha value is -1.46. The van der Waals surface area contributed by atoms with Gasteiger partial charge in [0, 0.05) is 5.54 Å². The van der Waals surface area contributed by atoms with Gasteiger partial charge in [-0.15, -0.1) is 0 Å². The Kier molecular flexibility index (Phi) is 5.92. The summed E-state index contributed by atoms with van der Waals surface area (Å²) in [4.78, 5) is 0. The van der Waals surface area contributed by atoms with Gasteiger partial charge >= 0.3 is 0 Å². The molecule has 0 aliphatic carbocycles. The summed E-state index contributed by atoms with van der Waals surface area (Å²) in [7, 11) is 3.18. The molecule has 1 unspecified atom stereocenters. The van der Waals surface area contributed by atoms with Crippen molar-refractivity contribution in [1.29, 1.82) is 0 Å². The van der Waals surface area contributed by atoms with E-state index in [-0.39, 0.29) is 6.61 Å². The highest BCUT2D eigenvalue weighted by Gasteiger charge is 2.17. The van der Waals surface area contributed by atoms with Gasteiger partial charge < -0.3 is 25.1 Å². The normalized spacial score (nSPS) is 13.7. The van der Waals surface area contributed by atoms with Gasteiger partial charge in [-0.1, -0.05) is 6.07 Å². The lowest BCUT2D eigenvalue weighted by Crippen LogP contribution is -2.40. The largest absolute Gasteiger partial charge is 0.493 e. The van der Waals surface area contributed by atoms with Crippen molar-refractivity contribution in [3.8, 4) is 17.2 Å². The van der Waals surface area contributed by atoms with Crippen LogP contribution in [0.15, 0.2) is 18.2 Å². The van der Waals surface area contributed by atoms with Crippen molar-refractivity contribution < 1.29 is 19.3 Å². The van der Waals surface area contributed by atoms with Crippen molar-refractivity contribution >= 4 is 0 Å². The fourth-order valence-electron chi connectivity index (χ4n) is 1.69. The summed E-state index contributed by atoms with van der Waals surface area (Å²) in [5.74, 6) is 1.87. The third-order valence-corrected chi connectivity index (χ3v) is 2.88. The Morgan fingerprint density at radius 1 is 1.21 bits per heavy atom. The number of hydrogen-bond donors (Lipinski definition) is 2. The molecule has 108 valence electrons. The first kappa shape index (κ1) is 15.6. The Morgan fingerprint density at radius 3 is 2.26 bits per heavy atom. The zero-order valence-electron chi connectivity index (χ0n) is 11.8. The van der Waals surface area contributed by atoms with Gasteiger partial charge in [0.05, 0.1) is 27.4 Å². The number of methoxy groups -OCH3 is 2. The number of aliphatic hydroxyl groups is 1. The number of ether oxygens (including phenoxy) is 3. The van der Waals surface area contributed by atoms with Crippen molar-refractivity contribution in [3.05, 3.63) is 18.2 Å². The van der Waals surface area contributed by atoms with E-state index in [0.29, 0.717) is 30.3 Å². The van der Waals surface area contributed by atoms with E-state index in [1.807, 2.05) is 25.1 Å². The van der Waals surface area contributed by atoms with Crippen molar-refractivity contribution in [2.75, 3.05) is 27.4 Å². The van der Waals surface area contributed by atoms with Crippen LogP contribution in [-0.4, -0.2) is 38.1 Å². The van der Waals surface area contributed by atoms with Gasteiger partial charge in [0.15, 0.2) is 11.5 Å². The van der Waals surface area contributed by atoms with Crippen molar-refractivity contribution in [3.63, 3.8) is 0 Å². The second kappa shape index (κ2) is 7.21. The van der Waals surface area contributed by atoms with Crippen LogP contribution in [0.4, 0.5) is 0 Å². The van der Waals surface area contributed by atoms with E-state index in [0.717, 1.165) is 6.42 Å². The molecule has 0 saturated heterocycles. The average Bonchev–Trinajstić information content (AvgIpc) is 2.43. The summed E-state index contributed by atoms with van der Waals surface area (Å²) in [6, 6.07) is 5.48. The highest BCUT2D eigenvalue weighted by molar-refractivity contribution is 5.51. The Labute approximate surface area is 114 Å². The fraction of sp³-hybridized carbons (Fsp3) is 0.571. The number of benzene rings is 1. The van der Waals surface area contributed by atoms with Gasteiger partial charge in [0.25, 0.3) is 0 Å². The molecule has 19 heavy (non-hydrogen) atoms. The van der Waals surface area contributed by atoms with E-state index >= 15 is 0 Å². The summed E-state index contributed by atoms with van der Waals surface area (Å²) >= 11 is 0. The monoisotopic (exact) mass is 269 g/mol. The van der Waals surface area contributed by atoms with E-state index in [4.69, 9.17) is 25.1 Å². The Morgan fingerprint density at radius 2 is 1.79 bits per heavy atom. The van der Waals surface area contributed by atoms with E-state index in [1.165, 1.54) is 0 Å². The topological polar surface area (TPSA) is 73.9 Å². The molecule has 0 saturated carbocycles. The molecule has 3 N–H and O–H groups in total. The van der Waals surface area contributed by atoms with Crippen molar-refractivity contribution in [2.24, 2.45) is 5.73 Å². The van der Waals surface area contributed by atoms with Gasteiger partial charge in [0.2, 0.25) is 5.75 Å². The van der Waals surface area contributed by atoms with Crippen molar-refractivity contribution in [1.82, 2.24) is 0 Å². The summed E-state index contributed by atoms with van der Waals surface area (Å²) in [5.41, 5.74) is 5.29. The predicted molar refractivity (Wildman–Crippen MR) is 74.0 cm³/mol. The van der Waals surface area contributed by atoms with Gasteiger partial charge in [0.1, 0.15) is 0 Å². The number of para-hydroxylation sites is 1. The highest BCUT2D eigenvalue weighted by atomic mass is 16.5. The van der Waals surface area contributed by atoms with Gasteiger partial charge in [-0.3, -0.25) is 0 Å². The lowest BCUT2D eigenvalue weighted by Gasteiger charge is -2.21. The zero-order chi connectivity index (χ0) is 14.3. The minimum absolute atomic E-state index is 0.0367. The van der Waals surface area contributed by atoms with Crippen LogP contribution in [0.25, 0.3) is 0 Å². The SMILES string of the molecule is COc1cccc(OC)c1OCCCC(C)(N)CO. The van der Waals surface area contributed by atoms with Crippen LogP contribution in [0.1, 0.15) is 19.8 Å². The molecule has 5 nitrogen and oxygen atoms in total. The molecule has 0 aliphatic rings. The molecule has 0 aliphatic heterocycles. The molecule has 0 amide bonds. The third-order valence-electron chi connectivity index (χ3n) is 2.88. The standard InChI is InChI=1S/C14H23NO4/c1-14(15,10-16)8-5-9-19-13-11(17-2)6-4-7-12(13)18-3/h4,6-7,16H,5,8-10,15H2,1-3H3. The lowest BCUT2D eigenvalue weighted by atomic mass is 9.99. The molecule has 0 radical (unpaired) electrons. The van der Waals surface area contributed by atoms with Crippen LogP contribution in [-0.2, 0) is 0 Å². The van der Waals surface area contributed by atoms with Crippen LogP contribution in [0.2, 0.25) is 0 Å². The van der Waals surface area contributed by atoms with Crippen LogP contribution in [0.5, 0.6) is 17.2 Å². The second-order valence-corrected chi connectivity index (χ2v) is 4.76. The molecule has 0 heterocycles. The minimum Gasteiger partial charge on any atom is -0.493 e. The van der Waals surface area contributed by atoms with Gasteiger partial charge in [-0.25, -0.2) is 0 Å². The Bertz CT molecular complexity index is 371. The first-order chi connectivity index (χ1) is 9.04. The van der Waals surface area contributed by atoms with Crippen LogP contribution >= 0.6 is 0 Å². The van der Waals surface area contributed by atoms with E-state index in [9.17, 15) is 0 Å². The van der Waals surface area contributed by atoms with Crippen molar-refractivity contribution in [2.45, 2.75) is 25.3 Å². The maximum absolute atomic E-state index is 9.07. The molecule has 0 aromatic heterocycles. The summed E-state index contributed by atoms with van der Waals surface area (Å²) in [6.45, 7) is 2.27. The minimum atomic E-state index is -0.561. The number of rotatable bonds is 8. The first-order valence-corrected chi connectivity index (χ1v) is 6.27. The average molecular weight is 269 g/mol. The maximum Gasteiger partial charge on any atom is 0.203 e. The maximum atomic E-state index is 9.07. The first-order valence-electron chi connectivity index (χ1n) is 6.27. The molecular weight excluding hydrogens is 246 g/mol. The van der Waals surface area contributed by atoms with E-state index < -0.39 is 5.54 Å². The Balaban J connectivity index is 2.57. The summed E-state index contributed by atoms with van der Waals surface area (Å²) < 4.78 is 16.2. The summed E-state index contributed by atoms with van der Waals surface area (Å²) in [6.07, 6.45) is 1.43. The molecule has 1 aromatic rings. The highest BCUT2D eigenvalue weighted by Crippen LogP contribution is 2.36. The molecule has 0 bridgehead atoms. The molecule has 0 fully saturated rings. The molecule has 1 aromatic carbocycles. The quantitative estimate of drug-likeness (QED) is 0.701. The zero-order valence-corrected chi connectivity index (χ0v) is 11.8. The summed E-state index contributed by atoms with van der Waals surface area (Å²) in [5, 5.41) is 9.07. The molecule has 5 heteroatoms. The van der Waals surface area contributed by atoms with E-state index in [1.54, 1.807) is 14.2 Å². The molecular formula is C14H23NO4. The van der Waals surface area contributed by atoms with Crippen LogP contribution in [0, 0.1) is 0 Å². The van der Waals surface area contributed by atoms with Gasteiger partial charge in [-0.05, 0) is 31.9 Å². The molecule has 1 atom stereocenters. The third kappa shape index (κ3) is 4.61. The van der Waals surface area contributed by atoms with Gasteiger partial charge in [-0.2, -0.15) is 0 Å². The van der Waals surface area contributed by atoms with E-state index in [2.05, 4.69) is 0 Å². The molecule has 1 rings (SSSR count). The lowest BCUT2D eigenvalue weighted by molar-refractivity contribution is 0.186. The second-order valence-electron chi connectivity index (χ2n) is 4.76. The number of aliphatic hydroxyl groups excluding tert-OH is 1. The fourth-order valence-corrected chi connectivity index (χ4v) is 1.69. The van der Waals surface area contributed by atoms with Crippen LogP contribution < -0.4 is 19.9 Å². The van der Waals surface area contributed by atoms with Crippen LogP contribution in [0.3, 0.4) is 0 Å². The number of hydrogen-bond acceptors (Lipinski definition) is 5. The smallest absolute Gasteiger partial charge is 0.203 e. The molecule has 0 spiro atoms. The number of nitrogens with two attached hydrogens (primary N) is 1. The predicted octanol–water partition coefficient (Wildman–Crippen LogP) is 1.57.